The van der Waals surface area contributed by atoms with Gasteiger partial charge in [-0.05, 0) is 31.7 Å². The fourth-order valence-corrected chi connectivity index (χ4v) is 4.27. The smallest absolute Gasteiger partial charge is 0.340 e. The van der Waals surface area contributed by atoms with Gasteiger partial charge in [-0.15, -0.1) is 0 Å². The lowest BCUT2D eigenvalue weighted by molar-refractivity contribution is 0.0498. The van der Waals surface area contributed by atoms with E-state index in [0.29, 0.717) is 49.7 Å². The number of ether oxygens (including phenoxy) is 2. The minimum absolute atomic E-state index is 0.174. The number of H-pyrrole nitrogens is 2. The van der Waals surface area contributed by atoms with Crippen LogP contribution in [0.3, 0.4) is 0 Å². The van der Waals surface area contributed by atoms with Crippen LogP contribution >= 0.6 is 11.6 Å². The number of piperidine rings is 1. The molecule has 3 rings (SSSR count). The number of amides is 1. The molecule has 1 amide bonds. The van der Waals surface area contributed by atoms with Crippen LogP contribution in [-0.2, 0) is 22.3 Å². The molecule has 2 unspecified atom stereocenters. The second-order valence-electron chi connectivity index (χ2n) is 8.19. The van der Waals surface area contributed by atoms with Gasteiger partial charge in [0.15, 0.2) is 11.0 Å². The number of unbranched alkanes of at least 4 members (excludes halogenated alkanes) is 1. The lowest BCUT2D eigenvalue weighted by Crippen LogP contribution is -2.55. The minimum Gasteiger partial charge on any atom is -0.462 e. The summed E-state index contributed by atoms with van der Waals surface area (Å²) in [4.78, 5) is 37.8. The Morgan fingerprint density at radius 3 is 2.64 bits per heavy atom. The van der Waals surface area contributed by atoms with Crippen LogP contribution in [0, 0.1) is 0 Å². The van der Waals surface area contributed by atoms with Crippen LogP contribution in [0.1, 0.15) is 72.4 Å². The van der Waals surface area contributed by atoms with Crippen LogP contribution in [0.5, 0.6) is 0 Å². The van der Waals surface area contributed by atoms with Gasteiger partial charge in [0.05, 0.1) is 30.0 Å². The Bertz CT molecular complexity index is 957. The van der Waals surface area contributed by atoms with Gasteiger partial charge in [0.2, 0.25) is 0 Å². The molecule has 0 spiro atoms. The maximum atomic E-state index is 12.7. The number of hydrogen-bond acceptors (Lipinski definition) is 6. The van der Waals surface area contributed by atoms with Gasteiger partial charge in [0.25, 0.3) is 5.91 Å². The number of aromatic amines is 2. The van der Waals surface area contributed by atoms with Crippen molar-refractivity contribution in [3.63, 3.8) is 0 Å². The molecule has 2 atom stereocenters. The molecule has 3 heterocycles. The highest BCUT2D eigenvalue weighted by Gasteiger charge is 2.32. The van der Waals surface area contributed by atoms with E-state index in [1.54, 1.807) is 7.11 Å². The number of aromatic nitrogens is 3. The molecule has 0 aliphatic carbocycles. The van der Waals surface area contributed by atoms with Crippen molar-refractivity contribution in [3.8, 4) is 0 Å². The van der Waals surface area contributed by atoms with E-state index in [9.17, 15) is 9.59 Å². The van der Waals surface area contributed by atoms with Crippen molar-refractivity contribution in [2.75, 3.05) is 31.7 Å². The zero-order valence-electron chi connectivity index (χ0n) is 19.8. The summed E-state index contributed by atoms with van der Waals surface area (Å²) in [6.45, 7) is 7.69. The molecule has 0 bridgehead atoms. The Morgan fingerprint density at radius 2 is 2.00 bits per heavy atom. The molecule has 9 nitrogen and oxygen atoms in total. The highest BCUT2D eigenvalue weighted by Crippen LogP contribution is 2.25. The number of imidazole rings is 1. The maximum Gasteiger partial charge on any atom is 0.340 e. The van der Waals surface area contributed by atoms with Gasteiger partial charge < -0.3 is 29.7 Å². The Labute approximate surface area is 199 Å². The van der Waals surface area contributed by atoms with Crippen LogP contribution in [-0.4, -0.2) is 65.8 Å². The van der Waals surface area contributed by atoms with Crippen LogP contribution < -0.4 is 10.2 Å². The van der Waals surface area contributed by atoms with Crippen molar-refractivity contribution in [1.29, 1.82) is 0 Å². The van der Waals surface area contributed by atoms with E-state index in [-0.39, 0.29) is 29.8 Å². The Morgan fingerprint density at radius 1 is 1.24 bits per heavy atom. The fraction of sp³-hybridized carbons (Fsp3) is 0.609. The van der Waals surface area contributed by atoms with Gasteiger partial charge in [0.1, 0.15) is 5.82 Å². The number of carbonyl (C=O) groups excluding carboxylic acids is 2. The van der Waals surface area contributed by atoms with E-state index >= 15 is 0 Å². The summed E-state index contributed by atoms with van der Waals surface area (Å²) in [5.41, 5.74) is 2.18. The summed E-state index contributed by atoms with van der Waals surface area (Å²) >= 11 is 6.07. The van der Waals surface area contributed by atoms with Crippen LogP contribution in [0.4, 0.5) is 5.82 Å². The van der Waals surface area contributed by atoms with Gasteiger partial charge >= 0.3 is 5.97 Å². The standard InChI is InChI=1S/C23H34ClN5O4/c1-5-8-11-33-23(31)14-12-19(25-15(14)6-2)29-10-9-17(18(13-29)32-4)27-22(30)21-26-16(7-3)20(24)28-21/h12,17-18,25H,5-11,13H2,1-4H3,(H,26,28)(H,27,30). The number of nitrogens with zero attached hydrogens (tertiary/aromatic N) is 2. The second-order valence-corrected chi connectivity index (χ2v) is 8.54. The normalized spacial score (nSPS) is 18.4. The summed E-state index contributed by atoms with van der Waals surface area (Å²) in [6.07, 6.45) is 3.64. The van der Waals surface area contributed by atoms with Crippen LogP contribution in [0.15, 0.2) is 6.07 Å². The molecule has 1 aliphatic rings. The monoisotopic (exact) mass is 479 g/mol. The van der Waals surface area contributed by atoms with E-state index in [1.165, 1.54) is 0 Å². The molecule has 33 heavy (non-hydrogen) atoms. The van der Waals surface area contributed by atoms with Crippen molar-refractivity contribution in [1.82, 2.24) is 20.3 Å². The summed E-state index contributed by atoms with van der Waals surface area (Å²) in [6, 6.07) is 1.68. The number of nitrogens with one attached hydrogen (secondary N) is 3. The van der Waals surface area contributed by atoms with E-state index in [0.717, 1.165) is 30.0 Å². The van der Waals surface area contributed by atoms with Crippen molar-refractivity contribution in [2.45, 2.75) is 65.0 Å². The summed E-state index contributed by atoms with van der Waals surface area (Å²) in [5.74, 6) is 0.461. The molecular formula is C23H34ClN5O4. The first-order valence-corrected chi connectivity index (χ1v) is 12.0. The number of esters is 1. The summed E-state index contributed by atoms with van der Waals surface area (Å²) < 4.78 is 11.1. The average Bonchev–Trinajstić information content (AvgIpc) is 3.43. The predicted octanol–water partition coefficient (Wildman–Crippen LogP) is 3.50. The third-order valence-electron chi connectivity index (χ3n) is 6.01. The molecule has 0 radical (unpaired) electrons. The Hall–Kier alpha value is -2.52. The first kappa shape index (κ1) is 25.1. The molecule has 182 valence electrons. The maximum absolute atomic E-state index is 12.7. The Kier molecular flexibility index (Phi) is 8.80. The first-order valence-electron chi connectivity index (χ1n) is 11.6. The van der Waals surface area contributed by atoms with E-state index < -0.39 is 0 Å². The molecule has 0 saturated carbocycles. The quantitative estimate of drug-likeness (QED) is 0.355. The van der Waals surface area contributed by atoms with Crippen molar-refractivity contribution in [3.05, 3.63) is 34.0 Å². The highest BCUT2D eigenvalue weighted by atomic mass is 35.5. The topological polar surface area (TPSA) is 112 Å². The average molecular weight is 480 g/mol. The lowest BCUT2D eigenvalue weighted by Gasteiger charge is -2.38. The summed E-state index contributed by atoms with van der Waals surface area (Å²) in [7, 11) is 1.63. The van der Waals surface area contributed by atoms with E-state index in [2.05, 4.69) is 32.1 Å². The third kappa shape index (κ3) is 5.89. The SMILES string of the molecule is CCCCOC(=O)c1cc(N2CCC(NC(=O)c3nc(Cl)c(CC)[nH]3)C(OC)C2)[nH]c1CC. The van der Waals surface area contributed by atoms with E-state index in [1.807, 2.05) is 19.9 Å². The number of halogens is 1. The van der Waals surface area contributed by atoms with Gasteiger partial charge in [0, 0.05) is 25.9 Å². The fourth-order valence-electron chi connectivity index (χ4n) is 4.01. The zero-order chi connectivity index (χ0) is 24.0. The number of methoxy groups -OCH3 is 1. The second kappa shape index (κ2) is 11.6. The van der Waals surface area contributed by atoms with Crippen molar-refractivity contribution in [2.24, 2.45) is 0 Å². The van der Waals surface area contributed by atoms with Crippen LogP contribution in [0.2, 0.25) is 5.15 Å². The third-order valence-corrected chi connectivity index (χ3v) is 6.32. The largest absolute Gasteiger partial charge is 0.462 e. The molecular weight excluding hydrogens is 446 g/mol. The van der Waals surface area contributed by atoms with Gasteiger partial charge in [-0.25, -0.2) is 9.78 Å². The first-order chi connectivity index (χ1) is 15.9. The molecule has 2 aromatic heterocycles. The summed E-state index contributed by atoms with van der Waals surface area (Å²) in [5, 5.41) is 3.34. The predicted molar refractivity (Wildman–Crippen MR) is 127 cm³/mol. The highest BCUT2D eigenvalue weighted by molar-refractivity contribution is 6.30. The van der Waals surface area contributed by atoms with Gasteiger partial charge in [-0.3, -0.25) is 4.79 Å². The van der Waals surface area contributed by atoms with E-state index in [4.69, 9.17) is 21.1 Å². The molecule has 1 aliphatic heterocycles. The van der Waals surface area contributed by atoms with Crippen LogP contribution in [0.25, 0.3) is 0 Å². The number of rotatable bonds is 10. The van der Waals surface area contributed by atoms with Crippen molar-refractivity contribution >= 4 is 29.3 Å². The molecule has 3 N–H and O–H groups in total. The molecule has 0 aromatic carbocycles. The van der Waals surface area contributed by atoms with Gasteiger partial charge in [-0.2, -0.15) is 0 Å². The number of anilines is 1. The van der Waals surface area contributed by atoms with Crippen molar-refractivity contribution < 1.29 is 19.1 Å². The zero-order valence-corrected chi connectivity index (χ0v) is 20.6. The Balaban J connectivity index is 1.66. The minimum atomic E-state index is -0.303. The molecule has 2 aromatic rings. The number of carbonyl (C=O) groups is 2. The molecule has 10 heteroatoms. The number of hydrogen-bond donors (Lipinski definition) is 3. The molecule has 1 fully saturated rings. The molecule has 1 saturated heterocycles. The lowest BCUT2D eigenvalue weighted by atomic mass is 10.0. The number of aryl methyl sites for hydroxylation is 2. The van der Waals surface area contributed by atoms with Gasteiger partial charge in [-0.1, -0.05) is 38.8 Å².